The summed E-state index contributed by atoms with van der Waals surface area (Å²) in [6.07, 6.45) is 0.270. The van der Waals surface area contributed by atoms with Crippen molar-refractivity contribution in [1.29, 1.82) is 5.26 Å². The predicted molar refractivity (Wildman–Crippen MR) is 97.4 cm³/mol. The third kappa shape index (κ3) is 4.45. The molecule has 1 atom stereocenters. The van der Waals surface area contributed by atoms with E-state index in [-0.39, 0.29) is 24.3 Å². The summed E-state index contributed by atoms with van der Waals surface area (Å²) in [6, 6.07) is 16.0. The maximum Gasteiger partial charge on any atom is 0.255 e. The van der Waals surface area contributed by atoms with Gasteiger partial charge in [-0.1, -0.05) is 24.3 Å². The molecule has 0 spiro atoms. The molecule has 0 aromatic heterocycles. The lowest BCUT2D eigenvalue weighted by atomic mass is 10.1. The fourth-order valence-electron chi connectivity index (χ4n) is 2.35. The maximum atomic E-state index is 12.6. The zero-order chi connectivity index (χ0) is 18.4. The molecule has 0 saturated heterocycles. The van der Waals surface area contributed by atoms with E-state index in [1.54, 1.807) is 49.5 Å². The molecule has 25 heavy (non-hydrogen) atoms. The summed E-state index contributed by atoms with van der Waals surface area (Å²) >= 11 is 0. The molecule has 2 rings (SSSR count). The molecule has 5 nitrogen and oxygen atoms in total. The van der Waals surface area contributed by atoms with Crippen molar-refractivity contribution in [2.24, 2.45) is 0 Å². The lowest BCUT2D eigenvalue weighted by Gasteiger charge is -2.23. The average molecular weight is 335 g/mol. The van der Waals surface area contributed by atoms with Gasteiger partial charge in [0.15, 0.2) is 0 Å². The van der Waals surface area contributed by atoms with Crippen LogP contribution in [-0.2, 0) is 0 Å². The molecule has 1 N–H and O–H groups in total. The van der Waals surface area contributed by atoms with E-state index < -0.39 is 0 Å². The number of benzene rings is 2. The average Bonchev–Trinajstić information content (AvgIpc) is 2.63. The van der Waals surface area contributed by atoms with Crippen LogP contribution in [0.5, 0.6) is 0 Å². The quantitative estimate of drug-likeness (QED) is 0.907. The maximum absolute atomic E-state index is 12.6. The van der Waals surface area contributed by atoms with Gasteiger partial charge >= 0.3 is 0 Å². The molecule has 0 aliphatic carbocycles. The molecule has 0 fully saturated rings. The molecule has 2 amide bonds. The first-order valence-corrected chi connectivity index (χ1v) is 8.05. The second-order valence-electron chi connectivity index (χ2n) is 5.98. The number of rotatable bonds is 5. The van der Waals surface area contributed by atoms with Gasteiger partial charge in [0.25, 0.3) is 11.8 Å². The van der Waals surface area contributed by atoms with Crippen LogP contribution in [0.25, 0.3) is 0 Å². The largest absolute Gasteiger partial charge is 0.338 e. The Balaban J connectivity index is 2.21. The van der Waals surface area contributed by atoms with Crippen LogP contribution in [0.3, 0.4) is 0 Å². The number of nitrogens with zero attached hydrogens (tertiary/aromatic N) is 2. The number of carbonyl (C=O) groups is 2. The van der Waals surface area contributed by atoms with Crippen LogP contribution >= 0.6 is 0 Å². The summed E-state index contributed by atoms with van der Waals surface area (Å²) in [7, 11) is 1.67. The molecule has 0 radical (unpaired) electrons. The SMILES string of the molecule is Cc1ccc(C(=O)N(C)C(C)CC#N)cc1NC(=O)c1ccccc1. The van der Waals surface area contributed by atoms with Gasteiger partial charge in [0.2, 0.25) is 0 Å². The fourth-order valence-corrected chi connectivity index (χ4v) is 2.35. The van der Waals surface area contributed by atoms with Gasteiger partial charge in [-0.2, -0.15) is 5.26 Å². The van der Waals surface area contributed by atoms with Crippen molar-refractivity contribution in [3.05, 3.63) is 65.2 Å². The molecular weight excluding hydrogens is 314 g/mol. The Labute approximate surface area is 147 Å². The van der Waals surface area contributed by atoms with E-state index in [9.17, 15) is 9.59 Å². The summed E-state index contributed by atoms with van der Waals surface area (Å²) in [4.78, 5) is 26.5. The molecule has 0 heterocycles. The highest BCUT2D eigenvalue weighted by Gasteiger charge is 2.18. The molecule has 128 valence electrons. The fraction of sp³-hybridized carbons (Fsp3) is 0.250. The lowest BCUT2D eigenvalue weighted by molar-refractivity contribution is 0.0746. The zero-order valence-corrected chi connectivity index (χ0v) is 14.6. The smallest absolute Gasteiger partial charge is 0.255 e. The second-order valence-corrected chi connectivity index (χ2v) is 5.98. The van der Waals surface area contributed by atoms with Gasteiger partial charge < -0.3 is 10.2 Å². The Hall–Kier alpha value is -3.13. The van der Waals surface area contributed by atoms with Crippen LogP contribution in [-0.4, -0.2) is 29.8 Å². The molecule has 0 aliphatic rings. The normalized spacial score (nSPS) is 11.3. The number of nitrogens with one attached hydrogen (secondary N) is 1. The van der Waals surface area contributed by atoms with Crippen LogP contribution in [0, 0.1) is 18.3 Å². The molecular formula is C20H21N3O2. The van der Waals surface area contributed by atoms with Crippen molar-refractivity contribution >= 4 is 17.5 Å². The highest BCUT2D eigenvalue weighted by Crippen LogP contribution is 2.20. The van der Waals surface area contributed by atoms with Crippen molar-refractivity contribution in [1.82, 2.24) is 4.90 Å². The van der Waals surface area contributed by atoms with E-state index >= 15 is 0 Å². The number of hydrogen-bond donors (Lipinski definition) is 1. The molecule has 0 bridgehead atoms. The molecule has 2 aromatic carbocycles. The van der Waals surface area contributed by atoms with Crippen LogP contribution in [0.4, 0.5) is 5.69 Å². The van der Waals surface area contributed by atoms with Gasteiger partial charge in [0.1, 0.15) is 0 Å². The lowest BCUT2D eigenvalue weighted by Crippen LogP contribution is -2.34. The standard InChI is InChI=1S/C20H21N3O2/c1-14-9-10-17(20(25)23(3)15(2)11-12-21)13-18(14)22-19(24)16-7-5-4-6-8-16/h4-10,13,15H,11H2,1-3H3,(H,22,24). The summed E-state index contributed by atoms with van der Waals surface area (Å²) in [5.41, 5.74) is 2.49. The van der Waals surface area contributed by atoms with Crippen molar-refractivity contribution in [2.45, 2.75) is 26.3 Å². The van der Waals surface area contributed by atoms with Gasteiger partial charge in [0.05, 0.1) is 12.5 Å². The number of carbonyl (C=O) groups excluding carboxylic acids is 2. The zero-order valence-electron chi connectivity index (χ0n) is 14.6. The summed E-state index contributed by atoms with van der Waals surface area (Å²) in [5.74, 6) is -0.405. The monoisotopic (exact) mass is 335 g/mol. The Bertz CT molecular complexity index is 809. The number of aryl methyl sites for hydroxylation is 1. The van der Waals surface area contributed by atoms with Crippen molar-refractivity contribution in [3.63, 3.8) is 0 Å². The highest BCUT2D eigenvalue weighted by atomic mass is 16.2. The molecule has 1 unspecified atom stereocenters. The minimum absolute atomic E-state index is 0.179. The Morgan fingerprint density at radius 2 is 1.84 bits per heavy atom. The van der Waals surface area contributed by atoms with Crippen molar-refractivity contribution in [2.75, 3.05) is 12.4 Å². The number of nitriles is 1. The summed E-state index contributed by atoms with van der Waals surface area (Å²) in [6.45, 7) is 3.70. The number of hydrogen-bond acceptors (Lipinski definition) is 3. The third-order valence-electron chi connectivity index (χ3n) is 4.14. The third-order valence-corrected chi connectivity index (χ3v) is 4.14. The van der Waals surface area contributed by atoms with Crippen LogP contribution in [0.15, 0.2) is 48.5 Å². The van der Waals surface area contributed by atoms with Crippen molar-refractivity contribution < 1.29 is 9.59 Å². The minimum Gasteiger partial charge on any atom is -0.338 e. The highest BCUT2D eigenvalue weighted by molar-refractivity contribution is 6.05. The first kappa shape index (κ1) is 18.2. The van der Waals surface area contributed by atoms with Gasteiger partial charge in [-0.25, -0.2) is 0 Å². The summed E-state index contributed by atoms with van der Waals surface area (Å²) in [5, 5.41) is 11.6. The van der Waals surface area contributed by atoms with E-state index in [2.05, 4.69) is 11.4 Å². The van der Waals surface area contributed by atoms with Crippen LogP contribution in [0.2, 0.25) is 0 Å². The van der Waals surface area contributed by atoms with Crippen LogP contribution in [0.1, 0.15) is 39.6 Å². The predicted octanol–water partition coefficient (Wildman–Crippen LogP) is 3.62. The van der Waals surface area contributed by atoms with E-state index in [0.29, 0.717) is 16.8 Å². The minimum atomic E-state index is -0.223. The first-order chi connectivity index (χ1) is 11.9. The molecule has 0 saturated carbocycles. The number of anilines is 1. The van der Waals surface area contributed by atoms with Gasteiger partial charge in [0, 0.05) is 29.9 Å². The van der Waals surface area contributed by atoms with Crippen LogP contribution < -0.4 is 5.32 Å². The first-order valence-electron chi connectivity index (χ1n) is 8.05. The number of amides is 2. The van der Waals surface area contributed by atoms with E-state index in [1.165, 1.54) is 4.90 Å². The Kier molecular flexibility index (Phi) is 5.91. The Morgan fingerprint density at radius 3 is 2.48 bits per heavy atom. The second kappa shape index (κ2) is 8.11. The van der Waals surface area contributed by atoms with Gasteiger partial charge in [-0.05, 0) is 43.7 Å². The van der Waals surface area contributed by atoms with E-state index in [0.717, 1.165) is 5.56 Å². The summed E-state index contributed by atoms with van der Waals surface area (Å²) < 4.78 is 0. The van der Waals surface area contributed by atoms with E-state index in [1.807, 2.05) is 19.9 Å². The molecule has 2 aromatic rings. The topological polar surface area (TPSA) is 73.2 Å². The molecule has 0 aliphatic heterocycles. The van der Waals surface area contributed by atoms with E-state index in [4.69, 9.17) is 5.26 Å². The molecule has 5 heteroatoms. The van der Waals surface area contributed by atoms with Gasteiger partial charge in [-0.3, -0.25) is 9.59 Å². The Morgan fingerprint density at radius 1 is 1.16 bits per heavy atom. The van der Waals surface area contributed by atoms with Gasteiger partial charge in [-0.15, -0.1) is 0 Å². The van der Waals surface area contributed by atoms with Crippen molar-refractivity contribution in [3.8, 4) is 6.07 Å².